The lowest BCUT2D eigenvalue weighted by molar-refractivity contribution is 0.0457. The number of fused-ring (bicyclic) bond motifs is 1. The minimum Gasteiger partial charge on any atom is -0.454 e. The molecule has 0 saturated heterocycles. The van der Waals surface area contributed by atoms with Crippen molar-refractivity contribution >= 4 is 27.0 Å². The predicted octanol–water partition coefficient (Wildman–Crippen LogP) is 4.42. The molecule has 0 unspecified atom stereocenters. The summed E-state index contributed by atoms with van der Waals surface area (Å²) in [7, 11) is -0.604. The van der Waals surface area contributed by atoms with Crippen LogP contribution >= 0.6 is 0 Å². The van der Waals surface area contributed by atoms with Gasteiger partial charge in [-0.05, 0) is 43.7 Å². The number of hydrogen-bond acceptors (Lipinski definition) is 6. The molecular weight excluding hydrogens is 464 g/mol. The van der Waals surface area contributed by atoms with Gasteiger partial charge >= 0.3 is 5.97 Å². The minimum absolute atomic E-state index is 0.0385. The Morgan fingerprint density at radius 2 is 1.77 bits per heavy atom. The van der Waals surface area contributed by atoms with Crippen molar-refractivity contribution in [2.45, 2.75) is 38.3 Å². The summed E-state index contributed by atoms with van der Waals surface area (Å²) in [5.74, 6) is 0.0710. The van der Waals surface area contributed by atoms with E-state index >= 15 is 0 Å². The second-order valence-electron chi connectivity index (χ2n) is 8.39. The number of rotatable bonds is 8. The largest absolute Gasteiger partial charge is 0.454 e. The molecule has 0 aliphatic rings. The monoisotopic (exact) mass is 492 g/mol. The third kappa shape index (κ3) is 4.96. The molecule has 4 aromatic rings. The van der Waals surface area contributed by atoms with Gasteiger partial charge in [-0.25, -0.2) is 22.5 Å². The summed E-state index contributed by atoms with van der Waals surface area (Å²) in [6.45, 7) is 4.44. The van der Waals surface area contributed by atoms with Crippen LogP contribution in [0.4, 0.5) is 0 Å². The summed E-state index contributed by atoms with van der Waals surface area (Å²) in [5, 5.41) is 0. The lowest BCUT2D eigenvalue weighted by Crippen LogP contribution is -2.22. The number of esters is 1. The normalized spacial score (nSPS) is 11.8. The van der Waals surface area contributed by atoms with E-state index in [0.717, 1.165) is 23.2 Å². The molecule has 0 atom stereocenters. The average Bonchev–Trinajstić information content (AvgIpc) is 3.19. The summed E-state index contributed by atoms with van der Waals surface area (Å²) in [6, 6.07) is 18.2. The quantitative estimate of drug-likeness (QED) is 0.338. The molecule has 9 heteroatoms. The molecule has 2 aromatic carbocycles. The van der Waals surface area contributed by atoms with Crippen molar-refractivity contribution < 1.29 is 17.9 Å². The minimum atomic E-state index is -3.58. The number of aromatic nitrogens is 3. The second kappa shape index (κ2) is 9.97. The molecule has 0 spiro atoms. The number of carbonyl (C=O) groups excluding carboxylic acids is 1. The number of imidazole rings is 1. The molecular formula is C26H28N4O4S. The maximum atomic E-state index is 12.8. The number of carbonyl (C=O) groups is 1. The van der Waals surface area contributed by atoms with Crippen molar-refractivity contribution in [2.75, 3.05) is 14.1 Å². The van der Waals surface area contributed by atoms with Crippen molar-refractivity contribution in [3.8, 4) is 11.3 Å². The van der Waals surface area contributed by atoms with Gasteiger partial charge in [-0.2, -0.15) is 0 Å². The number of nitrogens with zero attached hydrogens (tertiary/aromatic N) is 4. The first kappa shape index (κ1) is 24.6. The smallest absolute Gasteiger partial charge is 0.340 e. The van der Waals surface area contributed by atoms with Gasteiger partial charge in [0.1, 0.15) is 12.4 Å². The Morgan fingerprint density at radius 3 is 2.43 bits per heavy atom. The fourth-order valence-corrected chi connectivity index (χ4v) is 4.79. The van der Waals surface area contributed by atoms with Crippen LogP contribution in [0.2, 0.25) is 0 Å². The highest BCUT2D eigenvalue weighted by Gasteiger charge is 2.21. The zero-order valence-corrected chi connectivity index (χ0v) is 21.0. The van der Waals surface area contributed by atoms with Crippen LogP contribution in [0.25, 0.3) is 22.3 Å². The fourth-order valence-electron chi connectivity index (χ4n) is 3.87. The molecule has 8 nitrogen and oxygen atoms in total. The van der Waals surface area contributed by atoms with E-state index in [0.29, 0.717) is 29.1 Å². The lowest BCUT2D eigenvalue weighted by Gasteiger charge is -2.11. The molecule has 2 aromatic heterocycles. The van der Waals surface area contributed by atoms with Crippen molar-refractivity contribution in [3.05, 3.63) is 77.7 Å². The van der Waals surface area contributed by atoms with E-state index in [2.05, 4.69) is 9.97 Å². The van der Waals surface area contributed by atoms with Gasteiger partial charge in [0, 0.05) is 26.2 Å². The fraction of sp³-hybridized carbons (Fsp3) is 0.269. The van der Waals surface area contributed by atoms with E-state index < -0.39 is 16.0 Å². The molecule has 0 aliphatic heterocycles. The zero-order valence-electron chi connectivity index (χ0n) is 20.2. The summed E-state index contributed by atoms with van der Waals surface area (Å²) < 4.78 is 33.8. The highest BCUT2D eigenvalue weighted by molar-refractivity contribution is 7.89. The summed E-state index contributed by atoms with van der Waals surface area (Å²) in [4.78, 5) is 22.2. The predicted molar refractivity (Wildman–Crippen MR) is 134 cm³/mol. The molecule has 0 amide bonds. The maximum Gasteiger partial charge on any atom is 0.340 e. The first-order chi connectivity index (χ1) is 16.7. The van der Waals surface area contributed by atoms with Crippen molar-refractivity contribution in [1.82, 2.24) is 18.8 Å². The number of benzene rings is 2. The highest BCUT2D eigenvalue weighted by Crippen LogP contribution is 2.24. The molecule has 2 heterocycles. The lowest BCUT2D eigenvalue weighted by atomic mass is 10.1. The number of ether oxygens (including phenoxy) is 1. The van der Waals surface area contributed by atoms with Gasteiger partial charge in [-0.1, -0.05) is 37.3 Å². The van der Waals surface area contributed by atoms with E-state index in [1.807, 2.05) is 41.8 Å². The SMILES string of the molecule is CCCn1c(COC(=O)c2ccc(-c3ccccc3)nc2C)nc2cc(S(=O)(=O)N(C)C)ccc21. The average molecular weight is 493 g/mol. The third-order valence-electron chi connectivity index (χ3n) is 5.73. The first-order valence-corrected chi connectivity index (χ1v) is 12.8. The topological polar surface area (TPSA) is 94.4 Å². The Labute approximate surface area is 205 Å². The Hall–Kier alpha value is -3.56. The molecule has 4 rings (SSSR count). The van der Waals surface area contributed by atoms with Crippen LogP contribution in [0.15, 0.2) is 65.6 Å². The zero-order chi connectivity index (χ0) is 25.2. The van der Waals surface area contributed by atoms with E-state index in [9.17, 15) is 13.2 Å². The number of pyridine rings is 1. The maximum absolute atomic E-state index is 12.8. The van der Waals surface area contributed by atoms with E-state index in [4.69, 9.17) is 4.74 Å². The van der Waals surface area contributed by atoms with Crippen LogP contribution in [0.3, 0.4) is 0 Å². The summed E-state index contributed by atoms with van der Waals surface area (Å²) in [6.07, 6.45) is 0.841. The van der Waals surface area contributed by atoms with Crippen LogP contribution in [0, 0.1) is 6.92 Å². The molecule has 35 heavy (non-hydrogen) atoms. The Balaban J connectivity index is 1.58. The highest BCUT2D eigenvalue weighted by atomic mass is 32.2. The van der Waals surface area contributed by atoms with Crippen LogP contribution in [0.5, 0.6) is 0 Å². The molecule has 0 radical (unpaired) electrons. The molecule has 0 aliphatic carbocycles. The van der Waals surface area contributed by atoms with Crippen molar-refractivity contribution in [3.63, 3.8) is 0 Å². The number of hydrogen-bond donors (Lipinski definition) is 0. The van der Waals surface area contributed by atoms with Crippen LogP contribution in [0.1, 0.15) is 35.2 Å². The van der Waals surface area contributed by atoms with Crippen molar-refractivity contribution in [1.29, 1.82) is 0 Å². The van der Waals surface area contributed by atoms with Gasteiger partial charge in [0.15, 0.2) is 0 Å². The van der Waals surface area contributed by atoms with Crippen LogP contribution in [-0.2, 0) is 27.9 Å². The van der Waals surface area contributed by atoms with E-state index in [-0.39, 0.29) is 11.5 Å². The van der Waals surface area contributed by atoms with Crippen LogP contribution in [-0.4, -0.2) is 47.3 Å². The molecule has 0 bridgehead atoms. The van der Waals surface area contributed by atoms with Crippen LogP contribution < -0.4 is 0 Å². The molecule has 182 valence electrons. The molecule has 0 fully saturated rings. The Bertz CT molecular complexity index is 1480. The standard InChI is InChI=1S/C26H28N4O4S/c1-5-15-30-24-14-11-20(35(32,33)29(3)4)16-23(24)28-25(30)17-34-26(31)21-12-13-22(27-18(21)2)19-9-7-6-8-10-19/h6-14,16H,5,15,17H2,1-4H3. The summed E-state index contributed by atoms with van der Waals surface area (Å²) >= 11 is 0. The third-order valence-corrected chi connectivity index (χ3v) is 7.54. The van der Waals surface area contributed by atoms with Gasteiger partial charge in [-0.3, -0.25) is 4.98 Å². The Morgan fingerprint density at radius 1 is 1.03 bits per heavy atom. The first-order valence-electron chi connectivity index (χ1n) is 11.3. The molecule has 0 N–H and O–H groups in total. The van der Waals surface area contributed by atoms with Gasteiger partial charge in [0.25, 0.3) is 0 Å². The van der Waals surface area contributed by atoms with E-state index in [1.165, 1.54) is 18.4 Å². The number of sulfonamides is 1. The van der Waals surface area contributed by atoms with Gasteiger partial charge in [-0.15, -0.1) is 0 Å². The van der Waals surface area contributed by atoms with E-state index in [1.54, 1.807) is 37.3 Å². The number of aryl methyl sites for hydroxylation is 2. The Kier molecular flexibility index (Phi) is 7.00. The van der Waals surface area contributed by atoms with Gasteiger partial charge in [0.2, 0.25) is 10.0 Å². The molecule has 0 saturated carbocycles. The second-order valence-corrected chi connectivity index (χ2v) is 10.5. The van der Waals surface area contributed by atoms with Crippen molar-refractivity contribution in [2.24, 2.45) is 0 Å². The van der Waals surface area contributed by atoms with Gasteiger partial charge in [0.05, 0.1) is 32.9 Å². The summed E-state index contributed by atoms with van der Waals surface area (Å²) in [5.41, 5.74) is 4.06. The van der Waals surface area contributed by atoms with Gasteiger partial charge < -0.3 is 9.30 Å².